The predicted octanol–water partition coefficient (Wildman–Crippen LogP) is 5.64. The lowest BCUT2D eigenvalue weighted by Gasteiger charge is -2.34. The zero-order valence-electron chi connectivity index (χ0n) is 26.3. The van der Waals surface area contributed by atoms with Crippen LogP contribution >= 0.6 is 11.6 Å². The summed E-state index contributed by atoms with van der Waals surface area (Å²) in [5.74, 6) is -0.337. The molecule has 46 heavy (non-hydrogen) atoms. The van der Waals surface area contributed by atoms with Crippen molar-refractivity contribution in [3.63, 3.8) is 0 Å². The topological polar surface area (TPSA) is 105 Å². The first-order valence-corrected chi connectivity index (χ1v) is 16.6. The van der Waals surface area contributed by atoms with E-state index in [1.807, 2.05) is 68.4 Å². The second kappa shape index (κ2) is 15.6. The van der Waals surface area contributed by atoms with Crippen LogP contribution in [0.4, 0.5) is 5.69 Å². The van der Waals surface area contributed by atoms with Gasteiger partial charge in [0.25, 0.3) is 10.0 Å². The predicted molar refractivity (Wildman–Crippen MR) is 180 cm³/mol. The third-order valence-corrected chi connectivity index (χ3v) is 9.45. The Morgan fingerprint density at radius 2 is 1.50 bits per heavy atom. The van der Waals surface area contributed by atoms with E-state index < -0.39 is 28.5 Å². The second-order valence-corrected chi connectivity index (χ2v) is 12.9. The van der Waals surface area contributed by atoms with Crippen molar-refractivity contribution < 1.29 is 27.5 Å². The number of carbonyl (C=O) groups excluding carboxylic acids is 2. The number of amides is 2. The Kier molecular flexibility index (Phi) is 11.7. The first-order valence-electron chi connectivity index (χ1n) is 14.7. The largest absolute Gasteiger partial charge is 0.493 e. The number of sulfonamides is 1. The van der Waals surface area contributed by atoms with Gasteiger partial charge in [-0.2, -0.15) is 0 Å². The van der Waals surface area contributed by atoms with Gasteiger partial charge in [-0.15, -0.1) is 0 Å². The highest BCUT2D eigenvalue weighted by molar-refractivity contribution is 7.92. The van der Waals surface area contributed by atoms with Crippen LogP contribution in [0.15, 0.2) is 102 Å². The van der Waals surface area contributed by atoms with Crippen LogP contribution < -0.4 is 19.1 Å². The Labute approximate surface area is 275 Å². The molecule has 2 amide bonds. The fourth-order valence-electron chi connectivity index (χ4n) is 4.98. The van der Waals surface area contributed by atoms with Gasteiger partial charge >= 0.3 is 0 Å². The van der Waals surface area contributed by atoms with Crippen LogP contribution in [0.25, 0.3) is 0 Å². The molecule has 11 heteroatoms. The highest BCUT2D eigenvalue weighted by atomic mass is 35.5. The highest BCUT2D eigenvalue weighted by Gasteiger charge is 2.35. The van der Waals surface area contributed by atoms with Crippen molar-refractivity contribution in [1.82, 2.24) is 10.2 Å². The lowest BCUT2D eigenvalue weighted by Crippen LogP contribution is -2.53. The van der Waals surface area contributed by atoms with E-state index in [4.69, 9.17) is 21.1 Å². The Balaban J connectivity index is 1.81. The molecule has 0 bridgehead atoms. The molecule has 0 aromatic heterocycles. The van der Waals surface area contributed by atoms with E-state index in [2.05, 4.69) is 5.32 Å². The minimum absolute atomic E-state index is 0.0820. The van der Waals surface area contributed by atoms with E-state index in [9.17, 15) is 18.0 Å². The number of nitrogens with zero attached hydrogens (tertiary/aromatic N) is 2. The molecule has 0 aliphatic rings. The average molecular weight is 664 g/mol. The summed E-state index contributed by atoms with van der Waals surface area (Å²) < 4.78 is 40.2. The average Bonchev–Trinajstić information content (AvgIpc) is 3.06. The van der Waals surface area contributed by atoms with Crippen LogP contribution in [0.2, 0.25) is 5.02 Å². The van der Waals surface area contributed by atoms with Crippen LogP contribution in [-0.4, -0.2) is 58.5 Å². The quantitative estimate of drug-likeness (QED) is 0.187. The number of methoxy groups -OCH3 is 2. The Morgan fingerprint density at radius 3 is 2.11 bits per heavy atom. The fourth-order valence-corrected chi connectivity index (χ4v) is 6.53. The number of halogens is 1. The van der Waals surface area contributed by atoms with Crippen LogP contribution in [-0.2, 0) is 32.6 Å². The lowest BCUT2D eigenvalue weighted by molar-refractivity contribution is -0.140. The molecule has 0 heterocycles. The number of likely N-dealkylation sites (N-methyl/N-ethyl adjacent to an activating group) is 1. The number of carbonyl (C=O) groups is 2. The number of rotatable bonds is 14. The molecule has 4 aromatic rings. The van der Waals surface area contributed by atoms with Gasteiger partial charge in [-0.3, -0.25) is 13.9 Å². The summed E-state index contributed by atoms with van der Waals surface area (Å²) in [6, 6.07) is 26.5. The van der Waals surface area contributed by atoms with Crippen molar-refractivity contribution in [2.24, 2.45) is 0 Å². The SMILES string of the molecule is CCNC(=O)C(Cc1ccccc1)N(Cc1ccc(C)cc1)C(=O)CN(c1ccc(Cl)cc1)S(=O)(=O)c1ccc(OC)c(OC)c1. The standard InChI is InChI=1S/C35H38ClN3O6S/c1-5-37-35(41)31(21-26-9-7-6-8-10-26)38(23-27-13-11-25(2)12-14-27)34(40)24-39(29-17-15-28(36)16-18-29)46(42,43)30-19-20-32(44-3)33(22-30)45-4/h6-20,22,31H,5,21,23-24H2,1-4H3,(H,37,41). The first kappa shape index (κ1) is 34.3. The van der Waals surface area contributed by atoms with E-state index in [1.165, 1.54) is 49.5 Å². The number of aryl methyl sites for hydroxylation is 1. The third-order valence-electron chi connectivity index (χ3n) is 7.43. The molecule has 0 radical (unpaired) electrons. The molecule has 4 rings (SSSR count). The molecule has 0 aliphatic carbocycles. The van der Waals surface area contributed by atoms with Crippen molar-refractivity contribution in [3.8, 4) is 11.5 Å². The second-order valence-electron chi connectivity index (χ2n) is 10.6. The zero-order valence-corrected chi connectivity index (χ0v) is 27.8. The fraction of sp³-hybridized carbons (Fsp3) is 0.257. The maximum absolute atomic E-state index is 14.5. The normalized spacial score (nSPS) is 11.8. The number of hydrogen-bond acceptors (Lipinski definition) is 6. The number of anilines is 1. The smallest absolute Gasteiger partial charge is 0.264 e. The minimum atomic E-state index is -4.34. The summed E-state index contributed by atoms with van der Waals surface area (Å²) in [6.45, 7) is 3.62. The van der Waals surface area contributed by atoms with E-state index in [1.54, 1.807) is 12.1 Å². The van der Waals surface area contributed by atoms with Gasteiger partial charge < -0.3 is 19.7 Å². The molecule has 242 valence electrons. The van der Waals surface area contributed by atoms with Crippen LogP contribution in [0.1, 0.15) is 23.6 Å². The van der Waals surface area contributed by atoms with Crippen molar-refractivity contribution in [3.05, 3.63) is 119 Å². The summed E-state index contributed by atoms with van der Waals surface area (Å²) in [5.41, 5.74) is 2.91. The van der Waals surface area contributed by atoms with Gasteiger partial charge in [-0.1, -0.05) is 71.8 Å². The molecule has 1 unspecified atom stereocenters. The van der Waals surface area contributed by atoms with Gasteiger partial charge in [-0.05, 0) is 61.4 Å². The molecule has 9 nitrogen and oxygen atoms in total. The van der Waals surface area contributed by atoms with Gasteiger partial charge in [-0.25, -0.2) is 8.42 Å². The van der Waals surface area contributed by atoms with Crippen molar-refractivity contribution in [1.29, 1.82) is 0 Å². The molecular formula is C35H38ClN3O6S. The van der Waals surface area contributed by atoms with E-state index >= 15 is 0 Å². The highest BCUT2D eigenvalue weighted by Crippen LogP contribution is 2.33. The molecule has 4 aromatic carbocycles. The Morgan fingerprint density at radius 1 is 0.848 bits per heavy atom. The molecule has 1 N–H and O–H groups in total. The van der Waals surface area contributed by atoms with Gasteiger partial charge in [0.1, 0.15) is 12.6 Å². The van der Waals surface area contributed by atoms with Crippen molar-refractivity contribution >= 4 is 39.1 Å². The zero-order chi connectivity index (χ0) is 33.3. The first-order chi connectivity index (χ1) is 22.1. The maximum atomic E-state index is 14.5. The number of ether oxygens (including phenoxy) is 2. The Bertz CT molecular complexity index is 1730. The number of hydrogen-bond donors (Lipinski definition) is 1. The molecule has 0 aliphatic heterocycles. The van der Waals surface area contributed by atoms with E-state index in [0.717, 1.165) is 21.0 Å². The van der Waals surface area contributed by atoms with E-state index in [0.29, 0.717) is 17.3 Å². The lowest BCUT2D eigenvalue weighted by atomic mass is 10.0. The van der Waals surface area contributed by atoms with Gasteiger partial charge in [0.2, 0.25) is 11.8 Å². The maximum Gasteiger partial charge on any atom is 0.264 e. The molecule has 0 spiro atoms. The summed E-state index contributed by atoms with van der Waals surface area (Å²) in [5, 5.41) is 3.26. The van der Waals surface area contributed by atoms with Gasteiger partial charge in [0.15, 0.2) is 11.5 Å². The Hall–Kier alpha value is -4.54. The summed E-state index contributed by atoms with van der Waals surface area (Å²) in [6.07, 6.45) is 0.230. The summed E-state index contributed by atoms with van der Waals surface area (Å²) in [4.78, 5) is 29.4. The number of nitrogens with one attached hydrogen (secondary N) is 1. The molecule has 0 saturated heterocycles. The minimum Gasteiger partial charge on any atom is -0.493 e. The van der Waals surface area contributed by atoms with Crippen LogP contribution in [0, 0.1) is 6.92 Å². The molecule has 1 atom stereocenters. The van der Waals surface area contributed by atoms with Crippen LogP contribution in [0.3, 0.4) is 0 Å². The monoisotopic (exact) mass is 663 g/mol. The van der Waals surface area contributed by atoms with Gasteiger partial charge in [0, 0.05) is 30.6 Å². The summed E-state index contributed by atoms with van der Waals surface area (Å²) >= 11 is 6.14. The van der Waals surface area contributed by atoms with Crippen LogP contribution in [0.5, 0.6) is 11.5 Å². The van der Waals surface area contributed by atoms with Crippen molar-refractivity contribution in [2.45, 2.75) is 37.8 Å². The molecule has 0 saturated carbocycles. The summed E-state index contributed by atoms with van der Waals surface area (Å²) in [7, 11) is -1.48. The van der Waals surface area contributed by atoms with E-state index in [-0.39, 0.29) is 35.2 Å². The van der Waals surface area contributed by atoms with Gasteiger partial charge in [0.05, 0.1) is 24.8 Å². The molecular weight excluding hydrogens is 626 g/mol. The van der Waals surface area contributed by atoms with Crippen molar-refractivity contribution in [2.75, 3.05) is 31.6 Å². The number of benzene rings is 4. The molecule has 0 fully saturated rings. The third kappa shape index (κ3) is 8.38.